The van der Waals surface area contributed by atoms with E-state index in [1.807, 2.05) is 43.3 Å². The average Bonchev–Trinajstić information content (AvgIpc) is 2.62. The minimum absolute atomic E-state index is 0.0222. The Labute approximate surface area is 142 Å². The number of fused-ring (bicyclic) bond motifs is 1. The molecule has 0 aromatic heterocycles. The highest BCUT2D eigenvalue weighted by molar-refractivity contribution is 5.94. The first-order valence-corrected chi connectivity index (χ1v) is 8.37. The Morgan fingerprint density at radius 3 is 2.75 bits per heavy atom. The van der Waals surface area contributed by atoms with Crippen LogP contribution in [0.3, 0.4) is 0 Å². The van der Waals surface area contributed by atoms with Crippen molar-refractivity contribution in [1.82, 2.24) is 5.32 Å². The van der Waals surface area contributed by atoms with E-state index in [0.29, 0.717) is 24.6 Å². The molecule has 0 spiro atoms. The van der Waals surface area contributed by atoms with Crippen LogP contribution in [0, 0.1) is 5.92 Å². The number of para-hydroxylation sites is 1. The van der Waals surface area contributed by atoms with Gasteiger partial charge < -0.3 is 14.8 Å². The first-order chi connectivity index (χ1) is 11.7. The van der Waals surface area contributed by atoms with E-state index in [1.165, 1.54) is 11.1 Å². The number of rotatable bonds is 5. The number of amides is 1. The van der Waals surface area contributed by atoms with Crippen LogP contribution in [0.4, 0.5) is 0 Å². The number of hydrogen-bond acceptors (Lipinski definition) is 3. The van der Waals surface area contributed by atoms with E-state index in [2.05, 4.69) is 11.4 Å². The Kier molecular flexibility index (Phi) is 5.04. The number of hydrogen-bond donors (Lipinski definition) is 1. The summed E-state index contributed by atoms with van der Waals surface area (Å²) in [5.41, 5.74) is 3.13. The Morgan fingerprint density at radius 2 is 2.04 bits per heavy atom. The van der Waals surface area contributed by atoms with Crippen LogP contribution >= 0.6 is 0 Å². The number of carbonyl (C=O) groups is 1. The Bertz CT molecular complexity index is 709. The predicted octanol–water partition coefficient (Wildman–Crippen LogP) is 3.24. The van der Waals surface area contributed by atoms with Gasteiger partial charge in [0.2, 0.25) is 0 Å². The first kappa shape index (κ1) is 16.4. The minimum atomic E-state index is -0.0222. The second-order valence-corrected chi connectivity index (χ2v) is 6.09. The molecule has 1 amide bonds. The molecule has 1 heterocycles. The fourth-order valence-electron chi connectivity index (χ4n) is 3.14. The van der Waals surface area contributed by atoms with Crippen molar-refractivity contribution < 1.29 is 14.3 Å². The number of benzene rings is 2. The predicted molar refractivity (Wildman–Crippen MR) is 93.8 cm³/mol. The highest BCUT2D eigenvalue weighted by atomic mass is 16.5. The van der Waals surface area contributed by atoms with Crippen LogP contribution in [0.5, 0.6) is 11.5 Å². The molecule has 1 aliphatic rings. The zero-order valence-corrected chi connectivity index (χ0v) is 14.2. The van der Waals surface area contributed by atoms with Crippen molar-refractivity contribution in [3.63, 3.8) is 0 Å². The SMILES string of the molecule is CCNC(=O)c1ccc(C[C@H]2COc3c(cccc3OC)C2)cc1. The molecule has 0 aliphatic carbocycles. The second-order valence-electron chi connectivity index (χ2n) is 6.09. The van der Waals surface area contributed by atoms with Gasteiger partial charge in [0.05, 0.1) is 13.7 Å². The molecule has 0 radical (unpaired) electrons. The van der Waals surface area contributed by atoms with Gasteiger partial charge in [0, 0.05) is 18.0 Å². The molecule has 0 unspecified atom stereocenters. The average molecular weight is 325 g/mol. The van der Waals surface area contributed by atoms with Crippen LogP contribution in [0.2, 0.25) is 0 Å². The van der Waals surface area contributed by atoms with Crippen LogP contribution in [-0.2, 0) is 12.8 Å². The lowest BCUT2D eigenvalue weighted by Gasteiger charge is -2.26. The molecule has 1 N–H and O–H groups in total. The second kappa shape index (κ2) is 7.39. The topological polar surface area (TPSA) is 47.6 Å². The van der Waals surface area contributed by atoms with Gasteiger partial charge in [-0.25, -0.2) is 0 Å². The summed E-state index contributed by atoms with van der Waals surface area (Å²) in [4.78, 5) is 11.8. The molecule has 2 aromatic carbocycles. The Hall–Kier alpha value is -2.49. The summed E-state index contributed by atoms with van der Waals surface area (Å²) in [6.07, 6.45) is 1.91. The largest absolute Gasteiger partial charge is 0.493 e. The lowest BCUT2D eigenvalue weighted by atomic mass is 9.90. The highest BCUT2D eigenvalue weighted by Crippen LogP contribution is 2.36. The van der Waals surface area contributed by atoms with E-state index in [-0.39, 0.29) is 5.91 Å². The lowest BCUT2D eigenvalue weighted by molar-refractivity contribution is 0.0956. The maximum absolute atomic E-state index is 11.8. The summed E-state index contributed by atoms with van der Waals surface area (Å²) in [5, 5.41) is 2.81. The molecule has 1 aliphatic heterocycles. The van der Waals surface area contributed by atoms with Gasteiger partial charge in [-0.3, -0.25) is 4.79 Å². The summed E-state index contributed by atoms with van der Waals surface area (Å²) in [7, 11) is 1.67. The maximum atomic E-state index is 11.8. The minimum Gasteiger partial charge on any atom is -0.493 e. The van der Waals surface area contributed by atoms with Crippen LogP contribution in [0.25, 0.3) is 0 Å². The standard InChI is InChI=1S/C20H23NO3/c1-3-21-20(22)16-9-7-14(8-10-16)11-15-12-17-5-4-6-18(23-2)19(17)24-13-15/h4-10,15H,3,11-13H2,1-2H3,(H,21,22)/t15-/m1/s1. The third kappa shape index (κ3) is 3.53. The van der Waals surface area contributed by atoms with Crippen molar-refractivity contribution in [3.8, 4) is 11.5 Å². The molecule has 0 bridgehead atoms. The number of carbonyl (C=O) groups excluding carboxylic acids is 1. The third-order valence-electron chi connectivity index (χ3n) is 4.33. The van der Waals surface area contributed by atoms with Gasteiger partial charge >= 0.3 is 0 Å². The zero-order chi connectivity index (χ0) is 16.9. The smallest absolute Gasteiger partial charge is 0.251 e. The van der Waals surface area contributed by atoms with Crippen molar-refractivity contribution in [2.24, 2.45) is 5.92 Å². The van der Waals surface area contributed by atoms with Crippen LogP contribution in [0.15, 0.2) is 42.5 Å². The normalized spacial score (nSPS) is 16.0. The molecule has 0 saturated carbocycles. The molecule has 3 rings (SSSR count). The van der Waals surface area contributed by atoms with E-state index >= 15 is 0 Å². The van der Waals surface area contributed by atoms with Crippen molar-refractivity contribution in [1.29, 1.82) is 0 Å². The van der Waals surface area contributed by atoms with Crippen LogP contribution < -0.4 is 14.8 Å². The van der Waals surface area contributed by atoms with E-state index in [1.54, 1.807) is 7.11 Å². The summed E-state index contributed by atoms with van der Waals surface area (Å²) >= 11 is 0. The fraction of sp³-hybridized carbons (Fsp3) is 0.350. The van der Waals surface area contributed by atoms with Gasteiger partial charge in [0.15, 0.2) is 11.5 Å². The monoisotopic (exact) mass is 325 g/mol. The lowest BCUT2D eigenvalue weighted by Crippen LogP contribution is -2.24. The quantitative estimate of drug-likeness (QED) is 0.918. The van der Waals surface area contributed by atoms with E-state index in [9.17, 15) is 4.79 Å². The number of nitrogens with one attached hydrogen (secondary N) is 1. The zero-order valence-electron chi connectivity index (χ0n) is 14.2. The van der Waals surface area contributed by atoms with Crippen LogP contribution in [0.1, 0.15) is 28.4 Å². The van der Waals surface area contributed by atoms with Gasteiger partial charge in [0.1, 0.15) is 0 Å². The van der Waals surface area contributed by atoms with Crippen molar-refractivity contribution in [3.05, 3.63) is 59.2 Å². The first-order valence-electron chi connectivity index (χ1n) is 8.37. The van der Waals surface area contributed by atoms with Gasteiger partial charge in [-0.05, 0) is 49.1 Å². The van der Waals surface area contributed by atoms with E-state index < -0.39 is 0 Å². The summed E-state index contributed by atoms with van der Waals surface area (Å²) < 4.78 is 11.3. The molecule has 1 atom stereocenters. The van der Waals surface area contributed by atoms with Crippen LogP contribution in [-0.4, -0.2) is 26.2 Å². The van der Waals surface area contributed by atoms with Crippen molar-refractivity contribution in [2.75, 3.05) is 20.3 Å². The fourth-order valence-corrected chi connectivity index (χ4v) is 3.14. The highest BCUT2D eigenvalue weighted by Gasteiger charge is 2.22. The van der Waals surface area contributed by atoms with Crippen molar-refractivity contribution in [2.45, 2.75) is 19.8 Å². The molecular formula is C20H23NO3. The summed E-state index contributed by atoms with van der Waals surface area (Å²) in [5.74, 6) is 2.09. The van der Waals surface area contributed by atoms with Gasteiger partial charge in [-0.15, -0.1) is 0 Å². The molecule has 0 fully saturated rings. The Balaban J connectivity index is 1.66. The van der Waals surface area contributed by atoms with Gasteiger partial charge in [0.25, 0.3) is 5.91 Å². The maximum Gasteiger partial charge on any atom is 0.251 e. The Morgan fingerprint density at radius 1 is 1.25 bits per heavy atom. The molecule has 4 nitrogen and oxygen atoms in total. The molecule has 0 saturated heterocycles. The molecule has 24 heavy (non-hydrogen) atoms. The molecule has 126 valence electrons. The van der Waals surface area contributed by atoms with E-state index in [4.69, 9.17) is 9.47 Å². The van der Waals surface area contributed by atoms with Gasteiger partial charge in [-0.2, -0.15) is 0 Å². The molecule has 2 aromatic rings. The number of methoxy groups -OCH3 is 1. The third-order valence-corrected chi connectivity index (χ3v) is 4.33. The van der Waals surface area contributed by atoms with E-state index in [0.717, 1.165) is 24.3 Å². The number of ether oxygens (including phenoxy) is 2. The molecule has 4 heteroatoms. The van der Waals surface area contributed by atoms with Gasteiger partial charge in [-0.1, -0.05) is 24.3 Å². The summed E-state index contributed by atoms with van der Waals surface area (Å²) in [6.45, 7) is 3.25. The van der Waals surface area contributed by atoms with Crippen molar-refractivity contribution >= 4 is 5.91 Å². The summed E-state index contributed by atoms with van der Waals surface area (Å²) in [6, 6.07) is 13.9. The molecular weight excluding hydrogens is 302 g/mol.